The van der Waals surface area contributed by atoms with E-state index in [1.165, 1.54) is 0 Å². The van der Waals surface area contributed by atoms with E-state index in [4.69, 9.17) is 27.9 Å². The van der Waals surface area contributed by atoms with Gasteiger partial charge >= 0.3 is 6.09 Å². The van der Waals surface area contributed by atoms with Crippen LogP contribution in [0.4, 0.5) is 4.79 Å². The molecule has 7 nitrogen and oxygen atoms in total. The van der Waals surface area contributed by atoms with E-state index in [0.717, 1.165) is 40.3 Å². The van der Waals surface area contributed by atoms with Crippen LogP contribution in [0.5, 0.6) is 0 Å². The fraction of sp³-hybridized carbons (Fsp3) is 0.552. The molecule has 1 aliphatic carbocycles. The highest BCUT2D eigenvalue weighted by atomic mass is 35.5. The Hall–Kier alpha value is -2.13. The van der Waals surface area contributed by atoms with Gasteiger partial charge in [0.1, 0.15) is 5.60 Å². The molecule has 210 valence electrons. The zero-order valence-electron chi connectivity index (χ0n) is 22.6. The summed E-state index contributed by atoms with van der Waals surface area (Å²) >= 11 is 14.4. The fourth-order valence-corrected chi connectivity index (χ4v) is 6.97. The number of aliphatic hydroxyl groups is 1. The summed E-state index contributed by atoms with van der Waals surface area (Å²) in [7, 11) is 0. The molecule has 1 saturated heterocycles. The van der Waals surface area contributed by atoms with E-state index in [1.54, 1.807) is 22.3 Å². The number of ether oxygens (including phenoxy) is 1. The Morgan fingerprint density at radius 3 is 2.67 bits per heavy atom. The summed E-state index contributed by atoms with van der Waals surface area (Å²) in [4.78, 5) is 37.2. The number of nitrogens with zero attached hydrogens (tertiary/aromatic N) is 3. The molecule has 1 aromatic carbocycles. The zero-order chi connectivity index (χ0) is 27.9. The number of halogens is 2. The number of fused-ring (bicyclic) bond motifs is 2. The van der Waals surface area contributed by atoms with Gasteiger partial charge in [-0.25, -0.2) is 9.78 Å². The topological polar surface area (TPSA) is 83.0 Å². The molecule has 2 unspecified atom stereocenters. The number of aryl methyl sites for hydroxylation is 1. The number of amides is 2. The molecule has 2 fully saturated rings. The van der Waals surface area contributed by atoms with Crippen molar-refractivity contribution in [3.8, 4) is 0 Å². The van der Waals surface area contributed by atoms with E-state index in [1.807, 2.05) is 44.0 Å². The highest BCUT2D eigenvalue weighted by Crippen LogP contribution is 2.46. The summed E-state index contributed by atoms with van der Waals surface area (Å²) in [6.07, 6.45) is 6.77. The van der Waals surface area contributed by atoms with Crippen molar-refractivity contribution < 1.29 is 19.4 Å². The first-order chi connectivity index (χ1) is 18.6. The molecule has 5 rings (SSSR count). The molecule has 1 saturated carbocycles. The lowest BCUT2D eigenvalue weighted by atomic mass is 9.91. The van der Waals surface area contributed by atoms with Crippen LogP contribution in [0.1, 0.15) is 74.7 Å². The highest BCUT2D eigenvalue weighted by Gasteiger charge is 2.49. The lowest BCUT2D eigenvalue weighted by Gasteiger charge is -2.39. The SMILES string of the molecule is CC(C)(C)OC(=O)N1C2CCC1C(C(=O)N(Cc1cccc(Cl)c1Cl)C1CC1)=C(c1cnc(CCCO)s1)C2. The van der Waals surface area contributed by atoms with Crippen molar-refractivity contribution in [3.05, 3.63) is 55.5 Å². The molecule has 2 atom stereocenters. The van der Waals surface area contributed by atoms with Gasteiger partial charge in [-0.05, 0) is 76.5 Å². The van der Waals surface area contributed by atoms with Crippen LogP contribution in [0.25, 0.3) is 5.57 Å². The van der Waals surface area contributed by atoms with Gasteiger partial charge in [-0.3, -0.25) is 9.69 Å². The van der Waals surface area contributed by atoms with Gasteiger partial charge in [-0.2, -0.15) is 0 Å². The van der Waals surface area contributed by atoms with Gasteiger partial charge in [0.25, 0.3) is 5.91 Å². The summed E-state index contributed by atoms with van der Waals surface area (Å²) in [5.41, 5.74) is 1.81. The molecule has 3 aliphatic rings. The second-order valence-corrected chi connectivity index (χ2v) is 13.5. The summed E-state index contributed by atoms with van der Waals surface area (Å²) in [5, 5.41) is 11.1. The molecule has 0 spiro atoms. The third-order valence-electron chi connectivity index (χ3n) is 7.46. The Bertz CT molecular complexity index is 1280. The van der Waals surface area contributed by atoms with Gasteiger partial charge in [-0.15, -0.1) is 11.3 Å². The average molecular weight is 593 g/mol. The number of rotatable bonds is 8. The number of carbonyl (C=O) groups excluding carboxylic acids is 2. The van der Waals surface area contributed by atoms with Crippen LogP contribution in [-0.2, 0) is 22.5 Å². The molecule has 39 heavy (non-hydrogen) atoms. The van der Waals surface area contributed by atoms with E-state index in [9.17, 15) is 14.7 Å². The maximum Gasteiger partial charge on any atom is 0.411 e. The van der Waals surface area contributed by atoms with Crippen molar-refractivity contribution in [2.45, 2.75) is 96.0 Å². The summed E-state index contributed by atoms with van der Waals surface area (Å²) < 4.78 is 5.79. The lowest BCUT2D eigenvalue weighted by molar-refractivity contribution is -0.129. The predicted octanol–water partition coefficient (Wildman–Crippen LogP) is 6.49. The highest BCUT2D eigenvalue weighted by molar-refractivity contribution is 7.12. The van der Waals surface area contributed by atoms with E-state index in [0.29, 0.717) is 47.8 Å². The van der Waals surface area contributed by atoms with E-state index < -0.39 is 5.60 Å². The maximum atomic E-state index is 14.5. The largest absolute Gasteiger partial charge is 0.444 e. The molecule has 2 bridgehead atoms. The van der Waals surface area contributed by atoms with Crippen LogP contribution in [-0.4, -0.2) is 62.2 Å². The first kappa shape index (κ1) is 28.4. The predicted molar refractivity (Wildman–Crippen MR) is 154 cm³/mol. The molecule has 2 amide bonds. The minimum atomic E-state index is -0.632. The minimum absolute atomic E-state index is 0.0314. The first-order valence-electron chi connectivity index (χ1n) is 13.6. The van der Waals surface area contributed by atoms with Gasteiger partial charge in [0.2, 0.25) is 0 Å². The molecule has 1 N–H and O–H groups in total. The number of benzene rings is 1. The number of aromatic nitrogens is 1. The van der Waals surface area contributed by atoms with Crippen LogP contribution in [0.3, 0.4) is 0 Å². The molecule has 2 aliphatic heterocycles. The Balaban J connectivity index is 1.54. The standard InChI is InChI=1S/C29H35Cl2N3O4S/c1-29(2,3)38-28(37)34-19-11-12-22(34)25(20(14-19)23-15-32-24(39-23)8-5-13-35)27(36)33(18-9-10-18)16-17-6-4-7-21(30)26(17)31/h4,6-7,15,18-19,22,35H,5,8-14,16H2,1-3H3. The normalized spacial score (nSPS) is 20.9. The Kier molecular flexibility index (Phi) is 8.30. The number of thiazole rings is 1. The third kappa shape index (κ3) is 6.14. The van der Waals surface area contributed by atoms with Crippen molar-refractivity contribution in [1.29, 1.82) is 0 Å². The second kappa shape index (κ2) is 11.4. The van der Waals surface area contributed by atoms with Gasteiger partial charge in [0, 0.05) is 43.4 Å². The smallest absolute Gasteiger partial charge is 0.411 e. The van der Waals surface area contributed by atoms with Crippen LogP contribution < -0.4 is 0 Å². The van der Waals surface area contributed by atoms with Crippen molar-refractivity contribution in [3.63, 3.8) is 0 Å². The minimum Gasteiger partial charge on any atom is -0.444 e. The fourth-order valence-electron chi connectivity index (χ4n) is 5.57. The number of hydrogen-bond acceptors (Lipinski definition) is 6. The van der Waals surface area contributed by atoms with Crippen molar-refractivity contribution in [2.24, 2.45) is 0 Å². The molecule has 3 heterocycles. The molecule has 10 heteroatoms. The molecule has 0 radical (unpaired) electrons. The Morgan fingerprint density at radius 1 is 1.21 bits per heavy atom. The summed E-state index contributed by atoms with van der Waals surface area (Å²) in [6, 6.07) is 5.23. The molecular formula is C29H35Cl2N3O4S. The maximum absolute atomic E-state index is 14.5. The first-order valence-corrected chi connectivity index (χ1v) is 15.2. The van der Waals surface area contributed by atoms with Crippen LogP contribution in [0.2, 0.25) is 10.0 Å². The van der Waals surface area contributed by atoms with Crippen molar-refractivity contribution >= 4 is 52.1 Å². The van der Waals surface area contributed by atoms with E-state index in [2.05, 4.69) is 4.98 Å². The second-order valence-electron chi connectivity index (χ2n) is 11.6. The Morgan fingerprint density at radius 2 is 1.97 bits per heavy atom. The number of hydrogen-bond donors (Lipinski definition) is 1. The summed E-state index contributed by atoms with van der Waals surface area (Å²) in [5.74, 6) is -0.0623. The summed E-state index contributed by atoms with van der Waals surface area (Å²) in [6.45, 7) is 6.04. The lowest BCUT2D eigenvalue weighted by Crippen LogP contribution is -2.50. The Labute approximate surface area is 243 Å². The molecule has 2 aromatic rings. The van der Waals surface area contributed by atoms with Gasteiger partial charge < -0.3 is 14.7 Å². The molecular weight excluding hydrogens is 557 g/mol. The van der Waals surface area contributed by atoms with Crippen molar-refractivity contribution in [2.75, 3.05) is 6.61 Å². The van der Waals surface area contributed by atoms with Crippen molar-refractivity contribution in [1.82, 2.24) is 14.8 Å². The van der Waals surface area contributed by atoms with Gasteiger partial charge in [-0.1, -0.05) is 35.3 Å². The molecule has 1 aromatic heterocycles. The van der Waals surface area contributed by atoms with Crippen LogP contribution >= 0.6 is 34.5 Å². The number of aliphatic hydroxyl groups excluding tert-OH is 1. The van der Waals surface area contributed by atoms with Crippen LogP contribution in [0, 0.1) is 0 Å². The average Bonchev–Trinajstić information content (AvgIpc) is 3.52. The van der Waals surface area contributed by atoms with E-state index >= 15 is 0 Å². The number of carbonyl (C=O) groups is 2. The van der Waals surface area contributed by atoms with Gasteiger partial charge in [0.05, 0.1) is 26.0 Å². The third-order valence-corrected chi connectivity index (χ3v) is 9.43. The zero-order valence-corrected chi connectivity index (χ0v) is 24.9. The monoisotopic (exact) mass is 591 g/mol. The van der Waals surface area contributed by atoms with Crippen LogP contribution in [0.15, 0.2) is 30.0 Å². The van der Waals surface area contributed by atoms with E-state index in [-0.39, 0.29) is 36.7 Å². The quantitative estimate of drug-likeness (QED) is 0.379. The van der Waals surface area contributed by atoms with Gasteiger partial charge in [0.15, 0.2) is 0 Å².